The Morgan fingerprint density at radius 2 is 0.618 bits per heavy atom. The maximum absolute atomic E-state index is 2.46. The van der Waals surface area contributed by atoms with Gasteiger partial charge in [0, 0.05) is 33.8 Å². The Labute approximate surface area is 395 Å². The van der Waals surface area contributed by atoms with Gasteiger partial charge in [0.2, 0.25) is 0 Å². The number of anilines is 6. The average Bonchev–Trinajstić information content (AvgIpc) is 3.41. The van der Waals surface area contributed by atoms with Crippen LogP contribution in [0.15, 0.2) is 267 Å². The van der Waals surface area contributed by atoms with Gasteiger partial charge in [0.05, 0.1) is 5.69 Å². The fourth-order valence-electron chi connectivity index (χ4n) is 10.8. The second kappa shape index (κ2) is 16.5. The van der Waals surface area contributed by atoms with Crippen molar-refractivity contribution in [1.82, 2.24) is 0 Å². The Hall–Kier alpha value is -8.98. The van der Waals surface area contributed by atoms with Crippen molar-refractivity contribution in [3.63, 3.8) is 0 Å². The molecule has 0 aliphatic heterocycles. The van der Waals surface area contributed by atoms with Crippen LogP contribution in [0, 0.1) is 0 Å². The minimum atomic E-state index is 1.09. The molecule has 0 unspecified atom stereocenters. The van der Waals surface area contributed by atoms with Crippen LogP contribution < -0.4 is 9.80 Å². The molecule has 318 valence electrons. The fraction of sp³-hybridized carbons (Fsp3) is 0. The maximum atomic E-state index is 2.46. The average molecular weight is 865 g/mol. The van der Waals surface area contributed by atoms with Crippen LogP contribution >= 0.6 is 0 Å². The van der Waals surface area contributed by atoms with Gasteiger partial charge < -0.3 is 9.80 Å². The lowest BCUT2D eigenvalue weighted by Gasteiger charge is -2.29. The SMILES string of the molecule is c1ccc(N(c2ccccc2)c2ccc3c(-c4cccc5ccccc45)c4cc(N(c5ccccc5)c5cccc6ccccc56)ccc4c(-c4cc5ccccc5c5ccccc45)c3c2)cc1. The number of benzene rings is 13. The molecule has 2 heteroatoms. The zero-order valence-corrected chi connectivity index (χ0v) is 37.3. The molecular formula is C66H44N2. The van der Waals surface area contributed by atoms with E-state index < -0.39 is 0 Å². The molecular weight excluding hydrogens is 821 g/mol. The second-order valence-corrected chi connectivity index (χ2v) is 17.6. The molecule has 13 aromatic carbocycles. The molecule has 2 nitrogen and oxygen atoms in total. The third kappa shape index (κ3) is 6.57. The molecule has 0 radical (unpaired) electrons. The van der Waals surface area contributed by atoms with Crippen molar-refractivity contribution in [3.05, 3.63) is 267 Å². The summed E-state index contributed by atoms with van der Waals surface area (Å²) in [6.07, 6.45) is 0. The molecule has 0 bridgehead atoms. The predicted octanol–water partition coefficient (Wildman–Crippen LogP) is 18.9. The van der Waals surface area contributed by atoms with Gasteiger partial charge in [0.1, 0.15) is 0 Å². The summed E-state index contributed by atoms with van der Waals surface area (Å²) in [5.41, 5.74) is 11.5. The van der Waals surface area contributed by atoms with Gasteiger partial charge in [-0.3, -0.25) is 0 Å². The number of hydrogen-bond donors (Lipinski definition) is 0. The van der Waals surface area contributed by atoms with E-state index in [0.717, 1.165) is 34.1 Å². The molecule has 0 atom stereocenters. The Bertz CT molecular complexity index is 3980. The fourth-order valence-corrected chi connectivity index (χ4v) is 10.8. The first kappa shape index (κ1) is 39.4. The van der Waals surface area contributed by atoms with Crippen molar-refractivity contribution in [2.45, 2.75) is 0 Å². The molecule has 0 aliphatic carbocycles. The van der Waals surface area contributed by atoms with Gasteiger partial charge in [-0.2, -0.15) is 0 Å². The molecule has 0 amide bonds. The molecule has 68 heavy (non-hydrogen) atoms. The molecule has 0 aromatic heterocycles. The van der Waals surface area contributed by atoms with Crippen molar-refractivity contribution in [3.8, 4) is 22.3 Å². The maximum Gasteiger partial charge on any atom is 0.0540 e. The lowest BCUT2D eigenvalue weighted by Crippen LogP contribution is -2.10. The van der Waals surface area contributed by atoms with Crippen LogP contribution in [0.4, 0.5) is 34.1 Å². The van der Waals surface area contributed by atoms with Crippen LogP contribution in [0.2, 0.25) is 0 Å². The largest absolute Gasteiger partial charge is 0.310 e. The smallest absolute Gasteiger partial charge is 0.0540 e. The standard InChI is InChI=1S/C66H44N2/c1-4-25-48(26-5-1)67(49-27-6-2-7-28-49)51-38-40-59-63(43-51)66(61-42-47-22-12-14-32-54(47)56-34-16-17-35-57(56)61)60-41-39-52(44-62(60)65(59)58-36-18-23-45-20-10-13-31-53(45)58)68(50-29-8-3-9-30-50)64-37-19-24-46-21-11-15-33-55(46)64/h1-44H. The minimum absolute atomic E-state index is 1.09. The van der Waals surface area contributed by atoms with Gasteiger partial charge >= 0.3 is 0 Å². The van der Waals surface area contributed by atoms with Crippen LogP contribution in [0.25, 0.3) is 86.9 Å². The highest BCUT2D eigenvalue weighted by Gasteiger charge is 2.24. The zero-order chi connectivity index (χ0) is 45.0. The molecule has 0 heterocycles. The van der Waals surface area contributed by atoms with Crippen LogP contribution in [-0.4, -0.2) is 0 Å². The highest BCUT2D eigenvalue weighted by molar-refractivity contribution is 6.28. The van der Waals surface area contributed by atoms with Crippen molar-refractivity contribution in [2.75, 3.05) is 9.80 Å². The van der Waals surface area contributed by atoms with E-state index in [1.807, 2.05) is 0 Å². The van der Waals surface area contributed by atoms with Crippen molar-refractivity contribution < 1.29 is 0 Å². The Morgan fingerprint density at radius 1 is 0.191 bits per heavy atom. The van der Waals surface area contributed by atoms with E-state index in [4.69, 9.17) is 0 Å². The second-order valence-electron chi connectivity index (χ2n) is 17.6. The molecule has 13 rings (SSSR count). The molecule has 0 saturated carbocycles. The summed E-state index contributed by atoms with van der Waals surface area (Å²) in [4.78, 5) is 4.82. The predicted molar refractivity (Wildman–Crippen MR) is 292 cm³/mol. The first-order valence-corrected chi connectivity index (χ1v) is 23.4. The normalized spacial score (nSPS) is 11.5. The number of hydrogen-bond acceptors (Lipinski definition) is 2. The highest BCUT2D eigenvalue weighted by atomic mass is 15.1. The van der Waals surface area contributed by atoms with Crippen molar-refractivity contribution in [2.24, 2.45) is 0 Å². The monoisotopic (exact) mass is 864 g/mol. The van der Waals surface area contributed by atoms with Gasteiger partial charge in [0.25, 0.3) is 0 Å². The van der Waals surface area contributed by atoms with Crippen LogP contribution in [0.3, 0.4) is 0 Å². The first-order chi connectivity index (χ1) is 33.8. The van der Waals surface area contributed by atoms with Crippen LogP contribution in [0.1, 0.15) is 0 Å². The van der Waals surface area contributed by atoms with Gasteiger partial charge in [-0.05, 0) is 154 Å². The topological polar surface area (TPSA) is 6.48 Å². The summed E-state index contributed by atoms with van der Waals surface area (Å²) in [5.74, 6) is 0. The Morgan fingerprint density at radius 3 is 1.24 bits per heavy atom. The number of fused-ring (bicyclic) bond motifs is 7. The first-order valence-electron chi connectivity index (χ1n) is 23.4. The summed E-state index contributed by atoms with van der Waals surface area (Å²) in [5, 5.41) is 14.5. The van der Waals surface area contributed by atoms with E-state index in [-0.39, 0.29) is 0 Å². The number of nitrogens with zero attached hydrogens (tertiary/aromatic N) is 2. The summed E-state index contributed by atoms with van der Waals surface area (Å²) in [6, 6.07) is 97.8. The molecule has 0 saturated heterocycles. The van der Waals surface area contributed by atoms with Gasteiger partial charge in [-0.25, -0.2) is 0 Å². The van der Waals surface area contributed by atoms with Crippen molar-refractivity contribution in [1.29, 1.82) is 0 Å². The Balaban J connectivity index is 1.21. The molecule has 0 spiro atoms. The molecule has 13 aromatic rings. The quantitative estimate of drug-likeness (QED) is 0.111. The van der Waals surface area contributed by atoms with Gasteiger partial charge in [0.15, 0.2) is 0 Å². The third-order valence-electron chi connectivity index (χ3n) is 13.7. The van der Waals surface area contributed by atoms with E-state index in [1.165, 1.54) is 86.9 Å². The molecule has 0 aliphatic rings. The summed E-state index contributed by atoms with van der Waals surface area (Å²) >= 11 is 0. The zero-order valence-electron chi connectivity index (χ0n) is 37.3. The summed E-state index contributed by atoms with van der Waals surface area (Å²) < 4.78 is 0. The van der Waals surface area contributed by atoms with Crippen LogP contribution in [0.5, 0.6) is 0 Å². The third-order valence-corrected chi connectivity index (χ3v) is 13.7. The molecule has 0 N–H and O–H groups in total. The Kier molecular flexibility index (Phi) is 9.54. The summed E-state index contributed by atoms with van der Waals surface area (Å²) in [7, 11) is 0. The van der Waals surface area contributed by atoms with E-state index in [2.05, 4.69) is 277 Å². The number of para-hydroxylation sites is 3. The van der Waals surface area contributed by atoms with Crippen LogP contribution in [-0.2, 0) is 0 Å². The lowest BCUT2D eigenvalue weighted by atomic mass is 9.82. The van der Waals surface area contributed by atoms with E-state index in [0.29, 0.717) is 0 Å². The summed E-state index contributed by atoms with van der Waals surface area (Å²) in [6.45, 7) is 0. The van der Waals surface area contributed by atoms with Gasteiger partial charge in [-0.15, -0.1) is 0 Å². The number of rotatable bonds is 8. The van der Waals surface area contributed by atoms with Gasteiger partial charge in [-0.1, -0.05) is 194 Å². The van der Waals surface area contributed by atoms with E-state index in [9.17, 15) is 0 Å². The van der Waals surface area contributed by atoms with E-state index >= 15 is 0 Å². The van der Waals surface area contributed by atoms with Crippen molar-refractivity contribution >= 4 is 98.8 Å². The molecule has 0 fully saturated rings. The highest BCUT2D eigenvalue weighted by Crippen LogP contribution is 2.51. The lowest BCUT2D eigenvalue weighted by molar-refractivity contribution is 1.29. The minimum Gasteiger partial charge on any atom is -0.310 e. The van der Waals surface area contributed by atoms with E-state index in [1.54, 1.807) is 0 Å².